The second-order valence-electron chi connectivity index (χ2n) is 5.52. The van der Waals surface area contributed by atoms with Gasteiger partial charge in [0.05, 0.1) is 25.0 Å². The van der Waals surface area contributed by atoms with Gasteiger partial charge >= 0.3 is 7.12 Å². The van der Waals surface area contributed by atoms with Gasteiger partial charge in [-0.25, -0.2) is 4.68 Å². The van der Waals surface area contributed by atoms with Gasteiger partial charge in [-0.15, -0.1) is 5.10 Å². The molecule has 3 aromatic rings. The Balaban J connectivity index is 1.90. The first-order chi connectivity index (χ1) is 11.6. The zero-order chi connectivity index (χ0) is 17.1. The first-order valence-corrected chi connectivity index (χ1v) is 7.58. The van der Waals surface area contributed by atoms with Crippen molar-refractivity contribution in [2.45, 2.75) is 13.5 Å². The maximum absolute atomic E-state index is 9.21. The summed E-state index contributed by atoms with van der Waals surface area (Å²) in [5, 5.41) is 26.8. The van der Waals surface area contributed by atoms with Gasteiger partial charge in [-0.1, -0.05) is 41.6 Å². The number of ether oxygens (including phenoxy) is 1. The van der Waals surface area contributed by atoms with Gasteiger partial charge in [-0.3, -0.25) is 0 Å². The molecule has 6 nitrogen and oxygen atoms in total. The fourth-order valence-electron chi connectivity index (χ4n) is 2.59. The molecule has 0 fully saturated rings. The van der Waals surface area contributed by atoms with Gasteiger partial charge in [0.2, 0.25) is 0 Å². The van der Waals surface area contributed by atoms with E-state index in [1.54, 1.807) is 19.2 Å². The molecule has 0 atom stereocenters. The van der Waals surface area contributed by atoms with Crippen LogP contribution in [-0.2, 0) is 6.54 Å². The van der Waals surface area contributed by atoms with Crippen LogP contribution in [0.1, 0.15) is 11.3 Å². The van der Waals surface area contributed by atoms with Gasteiger partial charge in [0.15, 0.2) is 0 Å². The van der Waals surface area contributed by atoms with Crippen molar-refractivity contribution in [2.24, 2.45) is 0 Å². The predicted molar refractivity (Wildman–Crippen MR) is 92.1 cm³/mol. The molecule has 0 aliphatic heterocycles. The summed E-state index contributed by atoms with van der Waals surface area (Å²) in [6, 6.07) is 14.9. The molecule has 0 aliphatic carbocycles. The topological polar surface area (TPSA) is 80.4 Å². The molecule has 0 aliphatic rings. The third kappa shape index (κ3) is 3.32. The number of rotatable bonds is 5. The van der Waals surface area contributed by atoms with Gasteiger partial charge in [-0.2, -0.15) is 0 Å². The van der Waals surface area contributed by atoms with Crippen LogP contribution in [-0.4, -0.2) is 39.3 Å². The monoisotopic (exact) mass is 323 g/mol. The van der Waals surface area contributed by atoms with Crippen molar-refractivity contribution in [1.29, 1.82) is 0 Å². The molecule has 1 heterocycles. The lowest BCUT2D eigenvalue weighted by atomic mass is 9.80. The fourth-order valence-corrected chi connectivity index (χ4v) is 2.59. The van der Waals surface area contributed by atoms with Crippen LogP contribution in [0.2, 0.25) is 0 Å². The van der Waals surface area contributed by atoms with Gasteiger partial charge < -0.3 is 14.8 Å². The Morgan fingerprint density at radius 1 is 1.04 bits per heavy atom. The minimum Gasteiger partial charge on any atom is -0.497 e. The van der Waals surface area contributed by atoms with Gasteiger partial charge in [0.1, 0.15) is 5.75 Å². The molecule has 0 amide bonds. The summed E-state index contributed by atoms with van der Waals surface area (Å²) in [5.74, 6) is 0.812. The number of nitrogens with zero attached hydrogens (tertiary/aromatic N) is 3. The molecular weight excluding hydrogens is 305 g/mol. The highest BCUT2D eigenvalue weighted by Crippen LogP contribution is 2.22. The lowest BCUT2D eigenvalue weighted by Crippen LogP contribution is -2.29. The Hall–Kier alpha value is -2.64. The minimum absolute atomic E-state index is 0.450. The first kappa shape index (κ1) is 16.2. The van der Waals surface area contributed by atoms with E-state index in [9.17, 15) is 10.0 Å². The molecule has 2 N–H and O–H groups in total. The van der Waals surface area contributed by atoms with E-state index in [1.165, 1.54) is 0 Å². The number of hydrogen-bond acceptors (Lipinski definition) is 5. The largest absolute Gasteiger partial charge is 0.497 e. The Morgan fingerprint density at radius 3 is 2.29 bits per heavy atom. The molecular formula is C17H18BN3O3. The molecule has 1 aromatic heterocycles. The van der Waals surface area contributed by atoms with E-state index < -0.39 is 7.12 Å². The first-order valence-electron chi connectivity index (χ1n) is 7.58. The van der Waals surface area contributed by atoms with Crippen molar-refractivity contribution >= 4 is 12.6 Å². The van der Waals surface area contributed by atoms with E-state index in [0.29, 0.717) is 12.0 Å². The maximum atomic E-state index is 9.21. The third-order valence-electron chi connectivity index (χ3n) is 3.88. The molecule has 122 valence electrons. The molecule has 7 heteroatoms. The van der Waals surface area contributed by atoms with Crippen LogP contribution in [0.4, 0.5) is 0 Å². The van der Waals surface area contributed by atoms with Crippen molar-refractivity contribution in [1.82, 2.24) is 15.0 Å². The van der Waals surface area contributed by atoms with Crippen LogP contribution in [0.25, 0.3) is 11.3 Å². The summed E-state index contributed by atoms with van der Waals surface area (Å²) in [6.07, 6.45) is 0. The van der Waals surface area contributed by atoms with E-state index in [1.807, 2.05) is 48.0 Å². The minimum atomic E-state index is -1.47. The standard InChI is InChI=1S/C17H18BN3O3/c1-12-17(14-5-7-15(8-6-14)18(22)23)21(20-19-12)11-13-3-9-16(24-2)10-4-13/h3-10,22-23H,11H2,1-2H3. The Kier molecular flexibility index (Phi) is 4.64. The Bertz CT molecular complexity index is 814. The molecule has 0 radical (unpaired) electrons. The van der Waals surface area contributed by atoms with Crippen LogP contribution >= 0.6 is 0 Å². The predicted octanol–water partition coefficient (Wildman–Crippen LogP) is 0.990. The van der Waals surface area contributed by atoms with Crippen LogP contribution in [0.15, 0.2) is 48.5 Å². The van der Waals surface area contributed by atoms with E-state index in [2.05, 4.69) is 10.3 Å². The highest BCUT2D eigenvalue weighted by Gasteiger charge is 2.15. The molecule has 3 rings (SSSR count). The van der Waals surface area contributed by atoms with Gasteiger partial charge in [0, 0.05) is 5.56 Å². The quantitative estimate of drug-likeness (QED) is 0.685. The average molecular weight is 323 g/mol. The van der Waals surface area contributed by atoms with E-state index >= 15 is 0 Å². The zero-order valence-corrected chi connectivity index (χ0v) is 13.5. The van der Waals surface area contributed by atoms with Crippen LogP contribution in [0.3, 0.4) is 0 Å². The van der Waals surface area contributed by atoms with Gasteiger partial charge in [-0.05, 0) is 30.1 Å². The van der Waals surface area contributed by atoms with Crippen molar-refractivity contribution < 1.29 is 14.8 Å². The molecule has 0 unspecified atom stereocenters. The summed E-state index contributed by atoms with van der Waals surface area (Å²) >= 11 is 0. The summed E-state index contributed by atoms with van der Waals surface area (Å²) in [6.45, 7) is 2.49. The number of methoxy groups -OCH3 is 1. The fraction of sp³-hybridized carbons (Fsp3) is 0.176. The lowest BCUT2D eigenvalue weighted by molar-refractivity contribution is 0.414. The highest BCUT2D eigenvalue weighted by molar-refractivity contribution is 6.58. The molecule has 0 saturated heterocycles. The van der Waals surface area contributed by atoms with Crippen molar-refractivity contribution in [3.05, 3.63) is 59.8 Å². The van der Waals surface area contributed by atoms with E-state index in [0.717, 1.165) is 28.3 Å². The van der Waals surface area contributed by atoms with Crippen molar-refractivity contribution in [3.8, 4) is 17.0 Å². The van der Waals surface area contributed by atoms with Crippen molar-refractivity contribution in [2.75, 3.05) is 7.11 Å². The Morgan fingerprint density at radius 2 is 1.71 bits per heavy atom. The lowest BCUT2D eigenvalue weighted by Gasteiger charge is -2.09. The number of aromatic nitrogens is 3. The van der Waals surface area contributed by atoms with Crippen LogP contribution in [0, 0.1) is 6.92 Å². The number of hydrogen-bond donors (Lipinski definition) is 2. The molecule has 0 spiro atoms. The third-order valence-corrected chi connectivity index (χ3v) is 3.88. The average Bonchev–Trinajstić information content (AvgIpc) is 2.96. The molecule has 0 bridgehead atoms. The van der Waals surface area contributed by atoms with E-state index in [-0.39, 0.29) is 0 Å². The second-order valence-corrected chi connectivity index (χ2v) is 5.52. The van der Waals surface area contributed by atoms with E-state index in [4.69, 9.17) is 4.74 Å². The van der Waals surface area contributed by atoms with Crippen LogP contribution < -0.4 is 10.2 Å². The number of aryl methyl sites for hydroxylation is 1. The van der Waals surface area contributed by atoms with Crippen LogP contribution in [0.5, 0.6) is 5.75 Å². The molecule has 2 aromatic carbocycles. The van der Waals surface area contributed by atoms with Crippen molar-refractivity contribution in [3.63, 3.8) is 0 Å². The maximum Gasteiger partial charge on any atom is 0.488 e. The second kappa shape index (κ2) is 6.86. The molecule has 24 heavy (non-hydrogen) atoms. The Labute approximate surface area is 140 Å². The number of benzene rings is 2. The smallest absolute Gasteiger partial charge is 0.488 e. The molecule has 0 saturated carbocycles. The summed E-state index contributed by atoms with van der Waals surface area (Å²) in [5.41, 5.74) is 4.19. The highest BCUT2D eigenvalue weighted by atomic mass is 16.5. The van der Waals surface area contributed by atoms with Gasteiger partial charge in [0.25, 0.3) is 0 Å². The summed E-state index contributed by atoms with van der Waals surface area (Å²) in [4.78, 5) is 0. The zero-order valence-electron chi connectivity index (χ0n) is 13.5. The summed E-state index contributed by atoms with van der Waals surface area (Å²) in [7, 11) is 0.170. The SMILES string of the molecule is COc1ccc(Cn2nnc(C)c2-c2ccc(B(O)O)cc2)cc1. The normalized spacial score (nSPS) is 10.7. The summed E-state index contributed by atoms with van der Waals surface area (Å²) < 4.78 is 7.01.